The highest BCUT2D eigenvalue weighted by Gasteiger charge is 2.50. The maximum Gasteiger partial charge on any atom is 0.165 e. The molecule has 3 rings (SSSR count). The highest BCUT2D eigenvalue weighted by atomic mass is 35.5. The first kappa shape index (κ1) is 13.7. The second kappa shape index (κ2) is 5.26. The van der Waals surface area contributed by atoms with Gasteiger partial charge in [-0.15, -0.1) is 0 Å². The molecule has 2 aromatic rings. The fourth-order valence-electron chi connectivity index (χ4n) is 2.36. The van der Waals surface area contributed by atoms with Gasteiger partial charge in [0.25, 0.3) is 0 Å². The Morgan fingerprint density at radius 1 is 1.40 bits per heavy atom. The minimum Gasteiger partial charge on any atom is -0.337 e. The number of thioether (sulfide) groups is 1. The number of carbonyl (C=O) groups excluding carboxylic acids is 1. The molecule has 1 aliphatic carbocycles. The first-order valence-electron chi connectivity index (χ1n) is 6.54. The van der Waals surface area contributed by atoms with Crippen molar-refractivity contribution in [2.45, 2.75) is 30.3 Å². The number of nitrogens with one attached hydrogen (secondary N) is 1. The summed E-state index contributed by atoms with van der Waals surface area (Å²) in [4.78, 5) is 19.8. The van der Waals surface area contributed by atoms with E-state index in [0.29, 0.717) is 10.8 Å². The number of carbonyl (C=O) groups is 1. The second-order valence-corrected chi connectivity index (χ2v) is 6.57. The zero-order chi connectivity index (χ0) is 14.2. The lowest BCUT2D eigenvalue weighted by molar-refractivity contribution is -0.118. The van der Waals surface area contributed by atoms with Crippen molar-refractivity contribution in [1.29, 1.82) is 0 Å². The van der Waals surface area contributed by atoms with E-state index in [1.807, 2.05) is 31.2 Å². The lowest BCUT2D eigenvalue weighted by Gasteiger charge is -2.14. The number of hydrogen-bond acceptors (Lipinski definition) is 3. The molecule has 1 aromatic heterocycles. The molecule has 0 unspecified atom stereocenters. The van der Waals surface area contributed by atoms with Crippen molar-refractivity contribution in [1.82, 2.24) is 9.97 Å². The van der Waals surface area contributed by atoms with Crippen molar-refractivity contribution in [2.24, 2.45) is 0 Å². The van der Waals surface area contributed by atoms with Gasteiger partial charge in [0.2, 0.25) is 0 Å². The van der Waals surface area contributed by atoms with E-state index in [4.69, 9.17) is 11.6 Å². The molecule has 1 heterocycles. The molecule has 1 saturated carbocycles. The van der Waals surface area contributed by atoms with Crippen molar-refractivity contribution in [2.75, 3.05) is 5.75 Å². The van der Waals surface area contributed by atoms with E-state index in [1.54, 1.807) is 6.20 Å². The molecule has 0 aliphatic heterocycles. The molecular weight excluding hydrogens is 292 g/mol. The first-order valence-corrected chi connectivity index (χ1v) is 7.90. The van der Waals surface area contributed by atoms with E-state index >= 15 is 0 Å². The zero-order valence-corrected chi connectivity index (χ0v) is 12.7. The van der Waals surface area contributed by atoms with Crippen LogP contribution in [0.4, 0.5) is 0 Å². The van der Waals surface area contributed by atoms with E-state index in [0.717, 1.165) is 29.3 Å². The van der Waals surface area contributed by atoms with Gasteiger partial charge in [-0.2, -0.15) is 0 Å². The molecule has 1 N–H and O–H groups in total. The Balaban J connectivity index is 1.68. The lowest BCUT2D eigenvalue weighted by atomic mass is 9.92. The lowest BCUT2D eigenvalue weighted by Crippen LogP contribution is -2.22. The van der Waals surface area contributed by atoms with Gasteiger partial charge >= 0.3 is 0 Å². The summed E-state index contributed by atoms with van der Waals surface area (Å²) in [5.74, 6) is 0.731. The van der Waals surface area contributed by atoms with Crippen LogP contribution in [0.3, 0.4) is 0 Å². The van der Waals surface area contributed by atoms with Crippen LogP contribution in [0.25, 0.3) is 0 Å². The molecule has 104 valence electrons. The number of imidazole rings is 1. The van der Waals surface area contributed by atoms with Gasteiger partial charge < -0.3 is 4.98 Å². The van der Waals surface area contributed by atoms with Crippen LogP contribution in [-0.4, -0.2) is 21.5 Å². The first-order chi connectivity index (χ1) is 9.60. The number of halogens is 1. The maximum absolute atomic E-state index is 12.5. The number of aryl methyl sites for hydroxylation is 1. The highest BCUT2D eigenvalue weighted by Crippen LogP contribution is 2.49. The molecule has 1 aliphatic rings. The number of benzene rings is 1. The monoisotopic (exact) mass is 306 g/mol. The van der Waals surface area contributed by atoms with Crippen LogP contribution in [0.1, 0.15) is 24.1 Å². The Labute approximate surface area is 127 Å². The number of H-pyrrole nitrogens is 1. The maximum atomic E-state index is 12.5. The van der Waals surface area contributed by atoms with Crippen LogP contribution >= 0.6 is 23.4 Å². The van der Waals surface area contributed by atoms with Crippen molar-refractivity contribution >= 4 is 29.1 Å². The smallest absolute Gasteiger partial charge is 0.165 e. The minimum absolute atomic E-state index is 0.277. The van der Waals surface area contributed by atoms with Gasteiger partial charge in [-0.3, -0.25) is 4.79 Å². The van der Waals surface area contributed by atoms with Crippen LogP contribution in [0.5, 0.6) is 0 Å². The normalized spacial score (nSPS) is 16.1. The minimum atomic E-state index is -0.279. The van der Waals surface area contributed by atoms with Gasteiger partial charge in [-0.25, -0.2) is 4.98 Å². The molecule has 0 radical (unpaired) electrons. The average molecular weight is 307 g/mol. The van der Waals surface area contributed by atoms with Crippen LogP contribution in [0.2, 0.25) is 5.02 Å². The standard InChI is InChI=1S/C15H15ClN2OS/c1-10-8-17-14(18-10)20-9-13(19)15(6-7-15)11-2-4-12(16)5-3-11/h2-5,8H,6-7,9H2,1H3,(H,17,18). The third-order valence-corrected chi connectivity index (χ3v) is 4.84. The van der Waals surface area contributed by atoms with Crippen molar-refractivity contribution in [3.8, 4) is 0 Å². The number of rotatable bonds is 5. The number of hydrogen-bond donors (Lipinski definition) is 1. The quantitative estimate of drug-likeness (QED) is 0.855. The molecule has 0 atom stereocenters. The van der Waals surface area contributed by atoms with Crippen molar-refractivity contribution in [3.05, 3.63) is 46.7 Å². The molecule has 20 heavy (non-hydrogen) atoms. The average Bonchev–Trinajstić information content (AvgIpc) is 3.15. The fourth-order valence-corrected chi connectivity index (χ4v) is 3.39. The van der Waals surface area contributed by atoms with Gasteiger partial charge in [0.15, 0.2) is 10.9 Å². The predicted molar refractivity (Wildman–Crippen MR) is 81.4 cm³/mol. The largest absolute Gasteiger partial charge is 0.337 e. The summed E-state index contributed by atoms with van der Waals surface area (Å²) in [6, 6.07) is 7.64. The molecule has 1 aromatic carbocycles. The van der Waals surface area contributed by atoms with E-state index < -0.39 is 0 Å². The molecule has 1 fully saturated rings. The number of ketones is 1. The molecule has 0 spiro atoms. The SMILES string of the molecule is Cc1cnc(SCC(=O)C2(c3ccc(Cl)cc3)CC2)[nH]1. The van der Waals surface area contributed by atoms with Crippen LogP contribution < -0.4 is 0 Å². The number of Topliss-reactive ketones (excluding diaryl/α,β-unsaturated/α-hetero) is 1. The summed E-state index contributed by atoms with van der Waals surface area (Å²) in [5.41, 5.74) is 1.82. The molecule has 0 bridgehead atoms. The summed E-state index contributed by atoms with van der Waals surface area (Å²) in [5, 5.41) is 1.51. The van der Waals surface area contributed by atoms with E-state index in [1.165, 1.54) is 11.8 Å². The van der Waals surface area contributed by atoms with Crippen molar-refractivity contribution in [3.63, 3.8) is 0 Å². The van der Waals surface area contributed by atoms with E-state index in [9.17, 15) is 4.79 Å². The van der Waals surface area contributed by atoms with Crippen LogP contribution in [0, 0.1) is 6.92 Å². The van der Waals surface area contributed by atoms with Crippen molar-refractivity contribution < 1.29 is 4.79 Å². The van der Waals surface area contributed by atoms with Crippen LogP contribution in [-0.2, 0) is 10.2 Å². The van der Waals surface area contributed by atoms with Gasteiger partial charge in [0.05, 0.1) is 11.2 Å². The summed E-state index contributed by atoms with van der Waals surface area (Å²) in [7, 11) is 0. The van der Waals surface area contributed by atoms with Gasteiger partial charge in [0.1, 0.15) is 0 Å². The topological polar surface area (TPSA) is 45.8 Å². The Bertz CT molecular complexity index is 632. The Morgan fingerprint density at radius 3 is 2.65 bits per heavy atom. The highest BCUT2D eigenvalue weighted by molar-refractivity contribution is 7.99. The second-order valence-electron chi connectivity index (χ2n) is 5.17. The summed E-state index contributed by atoms with van der Waals surface area (Å²) >= 11 is 7.38. The number of nitrogens with zero attached hydrogens (tertiary/aromatic N) is 1. The van der Waals surface area contributed by atoms with Gasteiger partial charge in [0, 0.05) is 16.9 Å². The molecule has 0 amide bonds. The molecule has 5 heteroatoms. The zero-order valence-electron chi connectivity index (χ0n) is 11.1. The molecule has 0 saturated heterocycles. The summed E-state index contributed by atoms with van der Waals surface area (Å²) in [6.07, 6.45) is 3.65. The van der Waals surface area contributed by atoms with E-state index in [-0.39, 0.29) is 11.2 Å². The molecular formula is C15H15ClN2OS. The fraction of sp³-hybridized carbons (Fsp3) is 0.333. The van der Waals surface area contributed by atoms with Gasteiger partial charge in [-0.05, 0) is 37.5 Å². The Kier molecular flexibility index (Phi) is 3.61. The Hall–Kier alpha value is -1.26. The third kappa shape index (κ3) is 2.63. The molecule has 3 nitrogen and oxygen atoms in total. The summed E-state index contributed by atoms with van der Waals surface area (Å²) < 4.78 is 0. The number of aromatic amines is 1. The number of aromatic nitrogens is 2. The van der Waals surface area contributed by atoms with Crippen LogP contribution in [0.15, 0.2) is 35.6 Å². The Morgan fingerprint density at radius 2 is 2.10 bits per heavy atom. The predicted octanol–water partition coefficient (Wildman–Crippen LogP) is 3.76. The summed E-state index contributed by atoms with van der Waals surface area (Å²) in [6.45, 7) is 1.95. The third-order valence-electron chi connectivity index (χ3n) is 3.70. The van der Waals surface area contributed by atoms with Gasteiger partial charge in [-0.1, -0.05) is 35.5 Å². The van der Waals surface area contributed by atoms with E-state index in [2.05, 4.69) is 9.97 Å².